The zero-order chi connectivity index (χ0) is 21.2. The van der Waals surface area contributed by atoms with Crippen LogP contribution in [0, 0.1) is 5.92 Å². The second kappa shape index (κ2) is 11.5. The molecule has 2 rings (SSSR count). The van der Waals surface area contributed by atoms with Crippen molar-refractivity contribution in [3.63, 3.8) is 0 Å². The molecule has 0 heterocycles. The van der Waals surface area contributed by atoms with Crippen LogP contribution in [0.25, 0.3) is 0 Å². The number of halogens is 1. The summed E-state index contributed by atoms with van der Waals surface area (Å²) in [5, 5.41) is 3.55. The Morgan fingerprint density at radius 2 is 1.69 bits per heavy atom. The van der Waals surface area contributed by atoms with E-state index in [4.69, 9.17) is 16.3 Å². The predicted molar refractivity (Wildman–Crippen MR) is 116 cm³/mol. The molecule has 0 spiro atoms. The second-order valence-electron chi connectivity index (χ2n) is 7.40. The highest BCUT2D eigenvalue weighted by Gasteiger charge is 2.26. The topological polar surface area (TPSA) is 58.6 Å². The molecule has 156 valence electrons. The number of benzene rings is 2. The van der Waals surface area contributed by atoms with Crippen LogP contribution in [0.5, 0.6) is 5.75 Å². The number of para-hydroxylation sites is 1. The van der Waals surface area contributed by atoms with Gasteiger partial charge < -0.3 is 15.0 Å². The number of ether oxygens (including phenoxy) is 1. The van der Waals surface area contributed by atoms with Gasteiger partial charge in [-0.05, 0) is 49.1 Å². The SMILES string of the molecule is CC(C)CCNC(=O)C(C)N(Cc1ccc(Cl)cc1)C(=O)COc1ccccc1. The van der Waals surface area contributed by atoms with Gasteiger partial charge >= 0.3 is 0 Å². The van der Waals surface area contributed by atoms with Gasteiger partial charge in [0.15, 0.2) is 6.61 Å². The maximum absolute atomic E-state index is 12.9. The number of hydrogen-bond acceptors (Lipinski definition) is 3. The third kappa shape index (κ3) is 7.78. The lowest BCUT2D eigenvalue weighted by molar-refractivity contribution is -0.142. The Morgan fingerprint density at radius 1 is 1.03 bits per heavy atom. The first-order chi connectivity index (χ1) is 13.9. The lowest BCUT2D eigenvalue weighted by Crippen LogP contribution is -2.49. The second-order valence-corrected chi connectivity index (χ2v) is 7.84. The number of amides is 2. The van der Waals surface area contributed by atoms with E-state index in [0.29, 0.717) is 29.8 Å². The Hall–Kier alpha value is -2.53. The van der Waals surface area contributed by atoms with Crippen molar-refractivity contribution in [3.05, 3.63) is 65.2 Å². The summed E-state index contributed by atoms with van der Waals surface area (Å²) in [7, 11) is 0. The minimum Gasteiger partial charge on any atom is -0.484 e. The van der Waals surface area contributed by atoms with Crippen molar-refractivity contribution in [2.24, 2.45) is 5.92 Å². The molecular formula is C23H29ClN2O3. The highest BCUT2D eigenvalue weighted by Crippen LogP contribution is 2.15. The average Bonchev–Trinajstić information content (AvgIpc) is 2.71. The van der Waals surface area contributed by atoms with E-state index < -0.39 is 6.04 Å². The van der Waals surface area contributed by atoms with Crippen molar-refractivity contribution in [1.82, 2.24) is 10.2 Å². The van der Waals surface area contributed by atoms with Crippen LogP contribution in [0.15, 0.2) is 54.6 Å². The standard InChI is InChI=1S/C23H29ClN2O3/c1-17(2)13-14-25-23(28)18(3)26(15-19-9-11-20(24)12-10-19)22(27)16-29-21-7-5-4-6-8-21/h4-12,17-18H,13-16H2,1-3H3,(H,25,28). The quantitative estimate of drug-likeness (QED) is 0.628. The maximum Gasteiger partial charge on any atom is 0.261 e. The number of carbonyl (C=O) groups is 2. The average molecular weight is 417 g/mol. The number of nitrogens with one attached hydrogen (secondary N) is 1. The summed E-state index contributed by atoms with van der Waals surface area (Å²) in [4.78, 5) is 27.1. The van der Waals surface area contributed by atoms with Crippen LogP contribution in [0.2, 0.25) is 5.02 Å². The number of nitrogens with zero attached hydrogens (tertiary/aromatic N) is 1. The smallest absolute Gasteiger partial charge is 0.261 e. The Balaban J connectivity index is 2.07. The normalized spacial score (nSPS) is 11.8. The Bertz CT molecular complexity index is 778. The van der Waals surface area contributed by atoms with E-state index in [1.54, 1.807) is 31.2 Å². The first kappa shape index (κ1) is 22.8. The van der Waals surface area contributed by atoms with Gasteiger partial charge in [-0.25, -0.2) is 0 Å². The molecule has 1 atom stereocenters. The number of carbonyl (C=O) groups excluding carboxylic acids is 2. The third-order valence-electron chi connectivity index (χ3n) is 4.56. The van der Waals surface area contributed by atoms with Gasteiger partial charge in [0.25, 0.3) is 5.91 Å². The van der Waals surface area contributed by atoms with Crippen LogP contribution in [0.4, 0.5) is 0 Å². The van der Waals surface area contributed by atoms with Gasteiger partial charge in [0.05, 0.1) is 0 Å². The molecule has 5 nitrogen and oxygen atoms in total. The molecule has 0 aliphatic carbocycles. The van der Waals surface area contributed by atoms with Gasteiger partial charge in [-0.1, -0.05) is 55.8 Å². The van der Waals surface area contributed by atoms with Crippen LogP contribution in [0.3, 0.4) is 0 Å². The first-order valence-electron chi connectivity index (χ1n) is 9.86. The molecule has 2 aromatic carbocycles. The van der Waals surface area contributed by atoms with Gasteiger partial charge in [0.2, 0.25) is 5.91 Å². The van der Waals surface area contributed by atoms with E-state index in [2.05, 4.69) is 19.2 Å². The molecule has 0 saturated heterocycles. The van der Waals surface area contributed by atoms with Gasteiger partial charge in [0.1, 0.15) is 11.8 Å². The minimum atomic E-state index is -0.621. The summed E-state index contributed by atoms with van der Waals surface area (Å²) in [5.74, 6) is 0.681. The van der Waals surface area contributed by atoms with Gasteiger partial charge in [-0.15, -0.1) is 0 Å². The summed E-state index contributed by atoms with van der Waals surface area (Å²) in [5.41, 5.74) is 0.893. The largest absolute Gasteiger partial charge is 0.484 e. The Labute approximate surface area is 178 Å². The van der Waals surface area contributed by atoms with Crippen molar-refractivity contribution in [1.29, 1.82) is 0 Å². The van der Waals surface area contributed by atoms with Gasteiger partial charge in [-0.2, -0.15) is 0 Å². The lowest BCUT2D eigenvalue weighted by atomic mass is 10.1. The van der Waals surface area contributed by atoms with Crippen molar-refractivity contribution >= 4 is 23.4 Å². The van der Waals surface area contributed by atoms with Crippen molar-refractivity contribution in [2.45, 2.75) is 39.8 Å². The van der Waals surface area contributed by atoms with E-state index in [0.717, 1.165) is 12.0 Å². The van der Waals surface area contributed by atoms with Crippen molar-refractivity contribution in [2.75, 3.05) is 13.2 Å². The highest BCUT2D eigenvalue weighted by molar-refractivity contribution is 6.30. The van der Waals surface area contributed by atoms with Crippen LogP contribution in [-0.2, 0) is 16.1 Å². The lowest BCUT2D eigenvalue weighted by Gasteiger charge is -2.29. The zero-order valence-electron chi connectivity index (χ0n) is 17.2. The maximum atomic E-state index is 12.9. The van der Waals surface area contributed by atoms with Crippen molar-refractivity contribution < 1.29 is 14.3 Å². The monoisotopic (exact) mass is 416 g/mol. The number of hydrogen-bond donors (Lipinski definition) is 1. The summed E-state index contributed by atoms with van der Waals surface area (Å²) in [6, 6.07) is 15.8. The van der Waals surface area contributed by atoms with Gasteiger partial charge in [0, 0.05) is 18.1 Å². The van der Waals surface area contributed by atoms with Crippen molar-refractivity contribution in [3.8, 4) is 5.75 Å². The predicted octanol–water partition coefficient (Wildman–Crippen LogP) is 4.30. The fourth-order valence-electron chi connectivity index (χ4n) is 2.75. The molecule has 0 bridgehead atoms. The van der Waals surface area contributed by atoms with E-state index in [1.807, 2.05) is 30.3 Å². The molecule has 0 aromatic heterocycles. The van der Waals surface area contributed by atoms with Crippen LogP contribution >= 0.6 is 11.6 Å². The molecule has 0 aliphatic rings. The molecular weight excluding hydrogens is 388 g/mol. The highest BCUT2D eigenvalue weighted by atomic mass is 35.5. The molecule has 0 aliphatic heterocycles. The molecule has 29 heavy (non-hydrogen) atoms. The van der Waals surface area contributed by atoms with Crippen LogP contribution in [-0.4, -0.2) is 35.9 Å². The van der Waals surface area contributed by atoms with Crippen LogP contribution in [0.1, 0.15) is 32.8 Å². The van der Waals surface area contributed by atoms with E-state index in [9.17, 15) is 9.59 Å². The molecule has 1 unspecified atom stereocenters. The molecule has 0 radical (unpaired) electrons. The van der Waals surface area contributed by atoms with E-state index >= 15 is 0 Å². The zero-order valence-corrected chi connectivity index (χ0v) is 18.0. The summed E-state index contributed by atoms with van der Waals surface area (Å²) in [6.07, 6.45) is 0.890. The molecule has 0 saturated carbocycles. The molecule has 6 heteroatoms. The third-order valence-corrected chi connectivity index (χ3v) is 4.81. The Morgan fingerprint density at radius 3 is 2.31 bits per heavy atom. The molecule has 1 N–H and O–H groups in total. The van der Waals surface area contributed by atoms with Gasteiger partial charge in [-0.3, -0.25) is 9.59 Å². The van der Waals surface area contributed by atoms with Crippen LogP contribution < -0.4 is 10.1 Å². The van der Waals surface area contributed by atoms with E-state index in [-0.39, 0.29) is 18.4 Å². The summed E-state index contributed by atoms with van der Waals surface area (Å²) >= 11 is 5.96. The molecule has 2 amide bonds. The first-order valence-corrected chi connectivity index (χ1v) is 10.2. The summed E-state index contributed by atoms with van der Waals surface area (Å²) < 4.78 is 5.60. The fourth-order valence-corrected chi connectivity index (χ4v) is 2.87. The fraction of sp³-hybridized carbons (Fsp3) is 0.391. The van der Waals surface area contributed by atoms with E-state index in [1.165, 1.54) is 4.90 Å². The number of rotatable bonds is 10. The molecule has 2 aromatic rings. The minimum absolute atomic E-state index is 0.138. The molecule has 0 fully saturated rings. The Kier molecular flexibility index (Phi) is 9.00. The summed E-state index contributed by atoms with van der Waals surface area (Å²) in [6.45, 7) is 6.69.